The predicted octanol–water partition coefficient (Wildman–Crippen LogP) is 2.58. The summed E-state index contributed by atoms with van der Waals surface area (Å²) in [5.74, 6) is -1.47. The first-order chi connectivity index (χ1) is 11.8. The van der Waals surface area contributed by atoms with E-state index in [2.05, 4.69) is 0 Å². The first kappa shape index (κ1) is 18.4. The van der Waals surface area contributed by atoms with E-state index in [1.54, 1.807) is 24.3 Å². The number of aromatic nitrogens is 1. The van der Waals surface area contributed by atoms with Gasteiger partial charge in [-0.1, -0.05) is 6.92 Å². The summed E-state index contributed by atoms with van der Waals surface area (Å²) in [6, 6.07) is 6.63. The average molecular weight is 346 g/mol. The number of ether oxygens (including phenoxy) is 1. The summed E-state index contributed by atoms with van der Waals surface area (Å²) in [7, 11) is 4.58. The van der Waals surface area contributed by atoms with E-state index in [9.17, 15) is 19.8 Å². The van der Waals surface area contributed by atoms with Crippen LogP contribution in [0.2, 0.25) is 0 Å². The summed E-state index contributed by atoms with van der Waals surface area (Å²) in [6.45, 7) is 1.83. The number of aromatic hydroxyl groups is 2. The molecule has 1 heterocycles. The van der Waals surface area contributed by atoms with Crippen molar-refractivity contribution in [2.45, 2.75) is 19.8 Å². The van der Waals surface area contributed by atoms with Crippen LogP contribution in [0.3, 0.4) is 0 Å². The van der Waals surface area contributed by atoms with Crippen molar-refractivity contribution in [3.8, 4) is 22.9 Å². The van der Waals surface area contributed by atoms with Crippen molar-refractivity contribution in [1.29, 1.82) is 0 Å². The van der Waals surface area contributed by atoms with Crippen molar-refractivity contribution in [3.05, 3.63) is 35.7 Å². The summed E-state index contributed by atoms with van der Waals surface area (Å²) in [4.78, 5) is 26.3. The average Bonchev–Trinajstić information content (AvgIpc) is 2.86. The molecule has 0 unspecified atom stereocenters. The molecule has 0 spiro atoms. The molecule has 7 heteroatoms. The number of rotatable bonds is 6. The van der Waals surface area contributed by atoms with Crippen LogP contribution in [0.5, 0.6) is 17.2 Å². The van der Waals surface area contributed by atoms with Crippen LogP contribution in [-0.4, -0.2) is 52.6 Å². The van der Waals surface area contributed by atoms with E-state index in [4.69, 9.17) is 4.74 Å². The zero-order chi connectivity index (χ0) is 18.7. The van der Waals surface area contributed by atoms with Crippen LogP contribution >= 0.6 is 0 Å². The van der Waals surface area contributed by atoms with Crippen LogP contribution < -0.4 is 4.74 Å². The summed E-state index contributed by atoms with van der Waals surface area (Å²) in [5, 5.41) is 20.6. The third-order valence-electron chi connectivity index (χ3n) is 3.80. The zero-order valence-electron chi connectivity index (χ0n) is 14.7. The molecule has 25 heavy (non-hydrogen) atoms. The Hall–Kier alpha value is -2.96. The smallest absolute Gasteiger partial charge is 0.274 e. The monoisotopic (exact) mass is 346 g/mol. The maximum atomic E-state index is 12.5. The van der Waals surface area contributed by atoms with Crippen LogP contribution in [0.15, 0.2) is 24.3 Å². The van der Waals surface area contributed by atoms with Crippen LogP contribution in [0.25, 0.3) is 5.69 Å². The second-order valence-corrected chi connectivity index (χ2v) is 5.80. The number of methoxy groups -OCH3 is 1. The van der Waals surface area contributed by atoms with Gasteiger partial charge in [-0.15, -0.1) is 0 Å². The van der Waals surface area contributed by atoms with Gasteiger partial charge in [0.25, 0.3) is 5.91 Å². The number of amides is 1. The zero-order valence-corrected chi connectivity index (χ0v) is 14.7. The molecule has 0 atom stereocenters. The molecule has 1 aromatic heterocycles. The molecule has 2 rings (SSSR count). The number of hydrogen-bond acceptors (Lipinski definition) is 5. The highest BCUT2D eigenvalue weighted by Crippen LogP contribution is 2.39. The Balaban J connectivity index is 2.77. The van der Waals surface area contributed by atoms with Crippen molar-refractivity contribution >= 4 is 11.7 Å². The van der Waals surface area contributed by atoms with E-state index in [-0.39, 0.29) is 23.6 Å². The van der Waals surface area contributed by atoms with Crippen LogP contribution in [0.1, 0.15) is 40.7 Å². The first-order valence-electron chi connectivity index (χ1n) is 7.89. The molecule has 134 valence electrons. The number of benzene rings is 1. The van der Waals surface area contributed by atoms with Crippen LogP contribution in [0, 0.1) is 0 Å². The van der Waals surface area contributed by atoms with E-state index in [1.165, 1.54) is 30.7 Å². The second kappa shape index (κ2) is 7.29. The third kappa shape index (κ3) is 3.31. The number of carbonyl (C=O) groups is 2. The van der Waals surface area contributed by atoms with Crippen molar-refractivity contribution in [1.82, 2.24) is 9.47 Å². The number of ketones is 1. The minimum atomic E-state index is -0.603. The van der Waals surface area contributed by atoms with Gasteiger partial charge in [-0.25, -0.2) is 0 Å². The largest absolute Gasteiger partial charge is 0.503 e. The Morgan fingerprint density at radius 1 is 1.08 bits per heavy atom. The fraction of sp³-hybridized carbons (Fsp3) is 0.333. The molecule has 0 aliphatic heterocycles. The quantitative estimate of drug-likeness (QED) is 0.785. The van der Waals surface area contributed by atoms with E-state index in [0.717, 1.165) is 0 Å². The van der Waals surface area contributed by atoms with Crippen molar-refractivity contribution in [3.63, 3.8) is 0 Å². The predicted molar refractivity (Wildman–Crippen MR) is 92.9 cm³/mol. The summed E-state index contributed by atoms with van der Waals surface area (Å²) < 4.78 is 6.41. The Kier molecular flexibility index (Phi) is 5.36. The maximum absolute atomic E-state index is 12.5. The number of Topliss-reactive ketones (excluding diaryl/α,β-unsaturated/α-hetero) is 1. The topological polar surface area (TPSA) is 92.0 Å². The Bertz CT molecular complexity index is 791. The number of hydrogen-bond donors (Lipinski definition) is 2. The highest BCUT2D eigenvalue weighted by Gasteiger charge is 2.31. The third-order valence-corrected chi connectivity index (χ3v) is 3.80. The SMILES string of the molecule is CCCC(=O)c1c(O)c(O)c(C(=O)N(C)C)n1-c1ccc(OC)cc1. The summed E-state index contributed by atoms with van der Waals surface area (Å²) >= 11 is 0. The molecule has 0 radical (unpaired) electrons. The molecule has 1 amide bonds. The molecule has 2 N–H and O–H groups in total. The van der Waals surface area contributed by atoms with Crippen molar-refractivity contribution in [2.75, 3.05) is 21.2 Å². The van der Waals surface area contributed by atoms with Gasteiger partial charge in [-0.3, -0.25) is 14.2 Å². The maximum Gasteiger partial charge on any atom is 0.274 e. The van der Waals surface area contributed by atoms with Gasteiger partial charge in [0.05, 0.1) is 7.11 Å². The Morgan fingerprint density at radius 2 is 1.64 bits per heavy atom. The number of nitrogens with zero attached hydrogens (tertiary/aromatic N) is 2. The molecular weight excluding hydrogens is 324 g/mol. The lowest BCUT2D eigenvalue weighted by atomic mass is 10.1. The first-order valence-corrected chi connectivity index (χ1v) is 7.89. The van der Waals surface area contributed by atoms with E-state index in [1.807, 2.05) is 6.92 Å². The highest BCUT2D eigenvalue weighted by atomic mass is 16.5. The van der Waals surface area contributed by atoms with Crippen LogP contribution in [-0.2, 0) is 0 Å². The van der Waals surface area contributed by atoms with E-state index < -0.39 is 17.4 Å². The molecule has 0 aliphatic carbocycles. The molecule has 0 saturated carbocycles. The second-order valence-electron chi connectivity index (χ2n) is 5.80. The van der Waals surface area contributed by atoms with Gasteiger partial charge in [0.15, 0.2) is 23.0 Å². The normalized spacial score (nSPS) is 10.6. The van der Waals surface area contributed by atoms with Gasteiger partial charge in [0, 0.05) is 26.2 Å². The standard InChI is InChI=1S/C18H22N2O5/c1-5-6-13(21)14-16(22)17(23)15(18(24)19(2)3)20(14)11-7-9-12(25-4)10-8-11/h7-10,22-23H,5-6H2,1-4H3. The van der Waals surface area contributed by atoms with Gasteiger partial charge in [0.1, 0.15) is 11.4 Å². The molecule has 0 aliphatic rings. The van der Waals surface area contributed by atoms with Crippen LogP contribution in [0.4, 0.5) is 0 Å². The fourth-order valence-electron chi connectivity index (χ4n) is 2.55. The highest BCUT2D eigenvalue weighted by molar-refractivity contribution is 6.04. The molecule has 0 saturated heterocycles. The minimum absolute atomic E-state index is 0.102. The molecular formula is C18H22N2O5. The van der Waals surface area contributed by atoms with E-state index >= 15 is 0 Å². The molecule has 7 nitrogen and oxygen atoms in total. The van der Waals surface area contributed by atoms with Gasteiger partial charge in [0.2, 0.25) is 0 Å². The molecule has 2 aromatic rings. The lowest BCUT2D eigenvalue weighted by molar-refractivity contribution is 0.0816. The summed E-state index contributed by atoms with van der Waals surface area (Å²) in [5.41, 5.74) is 0.197. The number of carbonyl (C=O) groups excluding carboxylic acids is 2. The lowest BCUT2D eigenvalue weighted by Gasteiger charge is -2.15. The summed E-state index contributed by atoms with van der Waals surface area (Å²) in [6.07, 6.45) is 0.756. The van der Waals surface area contributed by atoms with Crippen molar-refractivity contribution < 1.29 is 24.5 Å². The molecule has 0 bridgehead atoms. The lowest BCUT2D eigenvalue weighted by Crippen LogP contribution is -2.25. The fourth-order valence-corrected chi connectivity index (χ4v) is 2.55. The van der Waals surface area contributed by atoms with Gasteiger partial charge in [-0.2, -0.15) is 0 Å². The minimum Gasteiger partial charge on any atom is -0.503 e. The Labute approximate surface area is 146 Å². The molecule has 1 aromatic carbocycles. The molecule has 0 fully saturated rings. The van der Waals surface area contributed by atoms with E-state index in [0.29, 0.717) is 17.9 Å². The van der Waals surface area contributed by atoms with Gasteiger partial charge >= 0.3 is 0 Å². The van der Waals surface area contributed by atoms with Crippen molar-refractivity contribution in [2.24, 2.45) is 0 Å². The Morgan fingerprint density at radius 3 is 2.12 bits per heavy atom. The van der Waals surface area contributed by atoms with Gasteiger partial charge < -0.3 is 19.8 Å². The van der Waals surface area contributed by atoms with Gasteiger partial charge in [-0.05, 0) is 30.7 Å².